The number of aliphatic hydroxyl groups excluding tert-OH is 1. The lowest BCUT2D eigenvalue weighted by molar-refractivity contribution is -0.124. The number of benzene rings is 1. The van der Waals surface area contributed by atoms with Crippen LogP contribution in [0.15, 0.2) is 47.4 Å². The summed E-state index contributed by atoms with van der Waals surface area (Å²) in [4.78, 5) is 24.1. The Morgan fingerprint density at radius 1 is 1.44 bits per heavy atom. The minimum absolute atomic E-state index is 0.0227. The highest BCUT2D eigenvalue weighted by Crippen LogP contribution is 2.38. The summed E-state index contributed by atoms with van der Waals surface area (Å²) in [6.07, 6.45) is 4.38. The van der Waals surface area contributed by atoms with Crippen molar-refractivity contribution < 1.29 is 19.0 Å². The predicted molar refractivity (Wildman–Crippen MR) is 121 cm³/mol. The van der Waals surface area contributed by atoms with Crippen LogP contribution in [0.3, 0.4) is 0 Å². The van der Waals surface area contributed by atoms with Crippen LogP contribution < -0.4 is 5.32 Å². The average Bonchev–Trinajstić information content (AvgIpc) is 3.30. The van der Waals surface area contributed by atoms with E-state index in [-0.39, 0.29) is 29.9 Å². The maximum atomic E-state index is 13.9. The first kappa shape index (κ1) is 22.2. The van der Waals surface area contributed by atoms with Crippen LogP contribution in [0.1, 0.15) is 30.2 Å². The number of anilines is 2. The number of nitrogens with one attached hydrogen (secondary N) is 1. The van der Waals surface area contributed by atoms with Crippen LogP contribution >= 0.6 is 0 Å². The molecule has 0 radical (unpaired) electrons. The number of aromatic nitrogens is 2. The van der Waals surface area contributed by atoms with E-state index in [2.05, 4.69) is 20.2 Å². The summed E-state index contributed by atoms with van der Waals surface area (Å²) in [6, 6.07) is 5.72. The second-order valence-electron chi connectivity index (χ2n) is 8.80. The van der Waals surface area contributed by atoms with Gasteiger partial charge >= 0.3 is 0 Å². The van der Waals surface area contributed by atoms with Crippen molar-refractivity contribution in [2.75, 3.05) is 25.1 Å². The second-order valence-corrected chi connectivity index (χ2v) is 8.80. The molecule has 34 heavy (non-hydrogen) atoms. The molecule has 0 spiro atoms. The number of aliphatic hydroxyl groups is 1. The normalized spacial score (nSPS) is 20.7. The van der Waals surface area contributed by atoms with Gasteiger partial charge < -0.3 is 15.2 Å². The maximum absolute atomic E-state index is 13.9. The molecular weight excluding hydrogens is 437 g/mol. The van der Waals surface area contributed by atoms with Crippen molar-refractivity contribution in [3.63, 3.8) is 0 Å². The molecule has 2 aromatic rings. The van der Waals surface area contributed by atoms with Gasteiger partial charge in [-0.2, -0.15) is 5.26 Å². The van der Waals surface area contributed by atoms with E-state index in [1.54, 1.807) is 24.6 Å². The van der Waals surface area contributed by atoms with E-state index in [1.807, 2.05) is 6.92 Å². The number of hydrogen-bond acceptors (Lipinski definition) is 8. The van der Waals surface area contributed by atoms with Gasteiger partial charge in [-0.05, 0) is 30.7 Å². The maximum Gasteiger partial charge on any atom is 0.227 e. The molecule has 0 amide bonds. The zero-order chi connectivity index (χ0) is 23.8. The minimum atomic E-state index is -0.606. The number of Topliss-reactive ketones (excluding diaryl/α,β-unsaturated/α-hetero) is 1. The first-order valence-corrected chi connectivity index (χ1v) is 11.2. The van der Waals surface area contributed by atoms with Gasteiger partial charge in [0.2, 0.25) is 5.95 Å². The number of carbonyl (C=O) groups excluding carboxylic acids is 1. The van der Waals surface area contributed by atoms with E-state index < -0.39 is 5.82 Å². The molecule has 8 nitrogen and oxygen atoms in total. The molecule has 2 aliphatic heterocycles. The summed E-state index contributed by atoms with van der Waals surface area (Å²) in [5.41, 5.74) is 5.26. The van der Waals surface area contributed by atoms with E-state index in [4.69, 9.17) is 10.00 Å². The molecule has 0 saturated carbocycles. The first-order chi connectivity index (χ1) is 16.5. The summed E-state index contributed by atoms with van der Waals surface area (Å²) in [5.74, 6) is -0.522. The highest BCUT2D eigenvalue weighted by molar-refractivity contribution is 5.90. The van der Waals surface area contributed by atoms with Crippen LogP contribution in [0, 0.1) is 23.1 Å². The van der Waals surface area contributed by atoms with E-state index in [0.29, 0.717) is 44.2 Å². The first-order valence-electron chi connectivity index (χ1n) is 11.2. The molecule has 3 heterocycles. The molecule has 2 unspecified atom stereocenters. The Morgan fingerprint density at radius 3 is 3.06 bits per heavy atom. The number of ketones is 1. The highest BCUT2D eigenvalue weighted by Gasteiger charge is 2.40. The van der Waals surface area contributed by atoms with Gasteiger partial charge in [0.05, 0.1) is 30.0 Å². The predicted octanol–water partition coefficient (Wildman–Crippen LogP) is 2.77. The molecule has 174 valence electrons. The molecule has 0 bridgehead atoms. The standard InChI is InChI=1S/C25H24FN5O3/c1-14-19-13-34-12-16(19)6-23(33)24(14)22(11-32)31-5-4-21-17(10-31)9-28-25(30-21)29-18-3-2-15(8-27)20(26)7-18/h2-3,7,9,12,22,24,32H,4-6,10-11,13H2,1H3,(H,28,29,30). The van der Waals surface area contributed by atoms with Crippen LogP contribution in [0.5, 0.6) is 0 Å². The molecule has 3 aliphatic rings. The van der Waals surface area contributed by atoms with Crippen molar-refractivity contribution in [3.05, 3.63) is 70.0 Å². The molecule has 1 aliphatic carbocycles. The molecule has 0 fully saturated rings. The number of nitrogens with zero attached hydrogens (tertiary/aromatic N) is 4. The van der Waals surface area contributed by atoms with Crippen molar-refractivity contribution in [1.82, 2.24) is 14.9 Å². The van der Waals surface area contributed by atoms with Crippen LogP contribution in [-0.4, -0.2) is 51.6 Å². The molecule has 2 atom stereocenters. The number of halogens is 1. The monoisotopic (exact) mass is 461 g/mol. The second kappa shape index (κ2) is 8.97. The average molecular weight is 461 g/mol. The summed E-state index contributed by atoms with van der Waals surface area (Å²) in [5, 5.41) is 22.1. The van der Waals surface area contributed by atoms with Crippen LogP contribution in [0.2, 0.25) is 0 Å². The molecule has 9 heteroatoms. The Balaban J connectivity index is 1.33. The van der Waals surface area contributed by atoms with Crippen molar-refractivity contribution in [2.45, 2.75) is 32.4 Å². The number of carbonyl (C=O) groups is 1. The van der Waals surface area contributed by atoms with Gasteiger partial charge in [-0.1, -0.05) is 5.57 Å². The molecule has 5 rings (SSSR count). The van der Waals surface area contributed by atoms with Gasteiger partial charge in [-0.3, -0.25) is 9.69 Å². The minimum Gasteiger partial charge on any atom is -0.496 e. The fraction of sp³-hybridized carbons (Fsp3) is 0.360. The van der Waals surface area contributed by atoms with Crippen molar-refractivity contribution in [3.8, 4) is 6.07 Å². The van der Waals surface area contributed by atoms with Gasteiger partial charge in [-0.25, -0.2) is 14.4 Å². The third kappa shape index (κ3) is 3.95. The topological polar surface area (TPSA) is 111 Å². The van der Waals surface area contributed by atoms with Gasteiger partial charge in [0.1, 0.15) is 24.3 Å². The largest absolute Gasteiger partial charge is 0.496 e. The van der Waals surface area contributed by atoms with E-state index in [0.717, 1.165) is 28.0 Å². The number of ether oxygens (including phenoxy) is 1. The van der Waals surface area contributed by atoms with Crippen LogP contribution in [0.4, 0.5) is 16.0 Å². The van der Waals surface area contributed by atoms with Crippen LogP contribution in [-0.2, 0) is 22.5 Å². The van der Waals surface area contributed by atoms with Crippen molar-refractivity contribution in [2.24, 2.45) is 5.92 Å². The molecule has 0 saturated heterocycles. The Kier molecular flexibility index (Phi) is 5.86. The van der Waals surface area contributed by atoms with Gasteiger partial charge in [0.25, 0.3) is 0 Å². The van der Waals surface area contributed by atoms with E-state index in [1.165, 1.54) is 12.1 Å². The molecule has 1 aromatic heterocycles. The lowest BCUT2D eigenvalue weighted by Gasteiger charge is -2.40. The van der Waals surface area contributed by atoms with Crippen molar-refractivity contribution >= 4 is 17.4 Å². The Morgan fingerprint density at radius 2 is 2.29 bits per heavy atom. The van der Waals surface area contributed by atoms with E-state index in [9.17, 15) is 14.3 Å². The third-order valence-electron chi connectivity index (χ3n) is 6.84. The number of fused-ring (bicyclic) bond motifs is 2. The lowest BCUT2D eigenvalue weighted by Crippen LogP contribution is -2.49. The van der Waals surface area contributed by atoms with Gasteiger partial charge in [0, 0.05) is 55.0 Å². The number of nitriles is 1. The quantitative estimate of drug-likeness (QED) is 0.699. The Hall–Kier alpha value is -3.61. The van der Waals surface area contributed by atoms with Crippen molar-refractivity contribution in [1.29, 1.82) is 5.26 Å². The fourth-order valence-corrected chi connectivity index (χ4v) is 5.06. The van der Waals surface area contributed by atoms with Crippen LogP contribution in [0.25, 0.3) is 0 Å². The molecule has 2 N–H and O–H groups in total. The number of rotatable bonds is 5. The fourth-order valence-electron chi connectivity index (χ4n) is 5.06. The van der Waals surface area contributed by atoms with Gasteiger partial charge in [0.15, 0.2) is 0 Å². The summed E-state index contributed by atoms with van der Waals surface area (Å²) in [6.45, 7) is 3.50. The molecular formula is C25H24FN5O3. The zero-order valence-corrected chi connectivity index (χ0v) is 18.7. The lowest BCUT2D eigenvalue weighted by atomic mass is 9.76. The summed E-state index contributed by atoms with van der Waals surface area (Å²) < 4.78 is 19.3. The summed E-state index contributed by atoms with van der Waals surface area (Å²) in [7, 11) is 0. The number of hydrogen-bond donors (Lipinski definition) is 2. The smallest absolute Gasteiger partial charge is 0.227 e. The highest BCUT2D eigenvalue weighted by atomic mass is 19.1. The Labute approximate surface area is 196 Å². The van der Waals surface area contributed by atoms with E-state index >= 15 is 0 Å². The summed E-state index contributed by atoms with van der Waals surface area (Å²) >= 11 is 0. The third-order valence-corrected chi connectivity index (χ3v) is 6.84. The SMILES string of the molecule is CC1=C2COC=C2CC(=O)C1C(CO)N1CCc2nc(Nc3ccc(C#N)c(F)c3)ncc2C1. The molecule has 1 aromatic carbocycles. The Bertz CT molecular complexity index is 1270. The zero-order valence-electron chi connectivity index (χ0n) is 18.7. The van der Waals surface area contributed by atoms with Gasteiger partial charge in [-0.15, -0.1) is 0 Å².